The molecule has 0 aromatic rings. The molecule has 1 saturated heterocycles. The highest BCUT2D eigenvalue weighted by Gasteiger charge is 2.27. The molecule has 5 heteroatoms. The van der Waals surface area contributed by atoms with Crippen LogP contribution in [0.2, 0.25) is 0 Å². The lowest BCUT2D eigenvalue weighted by Gasteiger charge is -2.29. The first kappa shape index (κ1) is 14.4. The lowest BCUT2D eigenvalue weighted by molar-refractivity contribution is -0.128. The van der Waals surface area contributed by atoms with E-state index >= 15 is 0 Å². The summed E-state index contributed by atoms with van der Waals surface area (Å²) in [6.07, 6.45) is 0. The minimum Gasteiger partial charge on any atom is -0.362 e. The molecule has 0 saturated carbocycles. The first-order valence-electron chi connectivity index (χ1n) is 6.03. The van der Waals surface area contributed by atoms with Crippen molar-refractivity contribution in [2.45, 2.75) is 33.7 Å². The summed E-state index contributed by atoms with van der Waals surface area (Å²) in [4.78, 5) is 16.1. The Labute approximate surface area is 108 Å². The second-order valence-electron chi connectivity index (χ2n) is 5.31. The van der Waals surface area contributed by atoms with Gasteiger partial charge in [-0.05, 0) is 26.7 Å². The van der Waals surface area contributed by atoms with Gasteiger partial charge in [-0.3, -0.25) is 9.79 Å². The maximum atomic E-state index is 11.6. The molecule has 17 heavy (non-hydrogen) atoms. The Morgan fingerprint density at radius 2 is 2.24 bits per heavy atom. The van der Waals surface area contributed by atoms with Gasteiger partial charge in [0, 0.05) is 18.8 Å². The van der Waals surface area contributed by atoms with Crippen LogP contribution in [-0.4, -0.2) is 36.5 Å². The smallest absolute Gasteiger partial charge is 0.227 e. The van der Waals surface area contributed by atoms with Crippen LogP contribution in [0.5, 0.6) is 0 Å². The van der Waals surface area contributed by atoms with E-state index in [0.29, 0.717) is 18.5 Å². The minimum atomic E-state index is -0.448. The van der Waals surface area contributed by atoms with E-state index in [0.717, 1.165) is 10.9 Å². The third kappa shape index (κ3) is 3.91. The van der Waals surface area contributed by atoms with Gasteiger partial charge in [0.15, 0.2) is 5.17 Å². The van der Waals surface area contributed by atoms with E-state index in [1.165, 1.54) is 0 Å². The highest BCUT2D eigenvalue weighted by Crippen LogP contribution is 2.21. The summed E-state index contributed by atoms with van der Waals surface area (Å²) in [5.74, 6) is 1.78. The van der Waals surface area contributed by atoms with Crippen molar-refractivity contribution in [3.05, 3.63) is 0 Å². The van der Waals surface area contributed by atoms with Crippen LogP contribution in [0, 0.1) is 11.3 Å². The summed E-state index contributed by atoms with van der Waals surface area (Å²) >= 11 is 1.74. The van der Waals surface area contributed by atoms with Crippen molar-refractivity contribution in [3.63, 3.8) is 0 Å². The number of aliphatic imine (C=N–C) groups is 1. The van der Waals surface area contributed by atoms with Crippen LogP contribution in [0.25, 0.3) is 0 Å². The molecule has 0 aliphatic carbocycles. The molecule has 0 spiro atoms. The van der Waals surface area contributed by atoms with Gasteiger partial charge in [0.2, 0.25) is 5.91 Å². The molecule has 1 aliphatic rings. The summed E-state index contributed by atoms with van der Waals surface area (Å²) in [5.41, 5.74) is -0.448. The van der Waals surface area contributed by atoms with E-state index in [1.807, 2.05) is 13.8 Å². The molecule has 0 radical (unpaired) electrons. The zero-order valence-electron chi connectivity index (χ0n) is 11.3. The van der Waals surface area contributed by atoms with Crippen molar-refractivity contribution >= 4 is 22.8 Å². The Bertz CT molecular complexity index is 315. The predicted molar refractivity (Wildman–Crippen MR) is 74.4 cm³/mol. The number of hydrogen-bond donors (Lipinski definition) is 2. The molecule has 2 unspecified atom stereocenters. The van der Waals surface area contributed by atoms with Gasteiger partial charge < -0.3 is 10.6 Å². The van der Waals surface area contributed by atoms with Crippen LogP contribution in [0.1, 0.15) is 27.7 Å². The third-order valence-electron chi connectivity index (χ3n) is 3.15. The molecule has 1 heterocycles. The molecule has 4 nitrogen and oxygen atoms in total. The Balaban J connectivity index is 2.57. The van der Waals surface area contributed by atoms with Crippen molar-refractivity contribution in [2.75, 3.05) is 19.3 Å². The molecular formula is C12H23N3OS. The Morgan fingerprint density at radius 3 is 2.76 bits per heavy atom. The number of thioether (sulfide) groups is 1. The normalized spacial score (nSPS) is 27.7. The largest absolute Gasteiger partial charge is 0.362 e. The summed E-state index contributed by atoms with van der Waals surface area (Å²) in [7, 11) is 1.66. The highest BCUT2D eigenvalue weighted by atomic mass is 32.2. The zero-order chi connectivity index (χ0) is 13.1. The van der Waals surface area contributed by atoms with Crippen LogP contribution in [-0.2, 0) is 4.79 Å². The Hall–Kier alpha value is -0.710. The van der Waals surface area contributed by atoms with E-state index in [2.05, 4.69) is 29.5 Å². The molecule has 1 fully saturated rings. The number of amides is 1. The number of rotatable bonds is 3. The molecule has 0 bridgehead atoms. The predicted octanol–water partition coefficient (Wildman–Crippen LogP) is 1.48. The van der Waals surface area contributed by atoms with Gasteiger partial charge in [0.1, 0.15) is 0 Å². The fraction of sp³-hybridized carbons (Fsp3) is 0.833. The topological polar surface area (TPSA) is 53.5 Å². The number of amidine groups is 1. The summed E-state index contributed by atoms with van der Waals surface area (Å²) in [6.45, 7) is 8.74. The standard InChI is InChI=1S/C12H23N3OS/c1-8-6-17-11(15-9(8)2)14-7-12(3,4)10(16)13-5/h8-9H,6-7H2,1-5H3,(H,13,16)(H,14,15). The maximum Gasteiger partial charge on any atom is 0.227 e. The first-order chi connectivity index (χ1) is 7.86. The molecule has 98 valence electrons. The van der Waals surface area contributed by atoms with E-state index in [1.54, 1.807) is 18.8 Å². The summed E-state index contributed by atoms with van der Waals surface area (Å²) in [6, 6.07) is 0.457. The van der Waals surface area contributed by atoms with Gasteiger partial charge in [-0.2, -0.15) is 0 Å². The van der Waals surface area contributed by atoms with Crippen molar-refractivity contribution in [1.82, 2.24) is 10.6 Å². The van der Waals surface area contributed by atoms with E-state index in [-0.39, 0.29) is 5.91 Å². The van der Waals surface area contributed by atoms with Gasteiger partial charge in [-0.1, -0.05) is 18.7 Å². The van der Waals surface area contributed by atoms with Crippen LogP contribution in [0.4, 0.5) is 0 Å². The van der Waals surface area contributed by atoms with Crippen LogP contribution in [0.15, 0.2) is 4.99 Å². The molecule has 1 amide bonds. The summed E-state index contributed by atoms with van der Waals surface area (Å²) < 4.78 is 0. The number of nitrogens with one attached hydrogen (secondary N) is 2. The summed E-state index contributed by atoms with van der Waals surface area (Å²) in [5, 5.41) is 7.02. The molecule has 0 aromatic heterocycles. The number of carbonyl (C=O) groups is 1. The van der Waals surface area contributed by atoms with Gasteiger partial charge in [0.25, 0.3) is 0 Å². The Morgan fingerprint density at radius 1 is 1.59 bits per heavy atom. The molecule has 1 rings (SSSR count). The van der Waals surface area contributed by atoms with Crippen molar-refractivity contribution in [2.24, 2.45) is 16.3 Å². The molecule has 2 N–H and O–H groups in total. The maximum absolute atomic E-state index is 11.6. The van der Waals surface area contributed by atoms with E-state index < -0.39 is 5.41 Å². The molecule has 1 aliphatic heterocycles. The quantitative estimate of drug-likeness (QED) is 0.805. The van der Waals surface area contributed by atoms with Crippen LogP contribution < -0.4 is 10.6 Å². The van der Waals surface area contributed by atoms with Crippen LogP contribution >= 0.6 is 11.8 Å². The van der Waals surface area contributed by atoms with Crippen LogP contribution in [0.3, 0.4) is 0 Å². The molecule has 0 aromatic carbocycles. The second-order valence-corrected chi connectivity index (χ2v) is 6.31. The fourth-order valence-electron chi connectivity index (χ4n) is 1.50. The van der Waals surface area contributed by atoms with Gasteiger partial charge >= 0.3 is 0 Å². The zero-order valence-corrected chi connectivity index (χ0v) is 12.1. The minimum absolute atomic E-state index is 0.0316. The molecule has 2 atom stereocenters. The SMILES string of the molecule is CNC(=O)C(C)(C)CN=C1NC(C)C(C)CS1. The fourth-order valence-corrected chi connectivity index (χ4v) is 2.64. The second kappa shape index (κ2) is 5.76. The average Bonchev–Trinajstić information content (AvgIpc) is 2.29. The van der Waals surface area contributed by atoms with Gasteiger partial charge in [-0.25, -0.2) is 0 Å². The average molecular weight is 257 g/mol. The Kier molecular flexibility index (Phi) is 4.86. The monoisotopic (exact) mass is 257 g/mol. The third-order valence-corrected chi connectivity index (χ3v) is 4.36. The van der Waals surface area contributed by atoms with E-state index in [9.17, 15) is 4.79 Å². The van der Waals surface area contributed by atoms with Gasteiger partial charge in [0.05, 0.1) is 12.0 Å². The lowest BCUT2D eigenvalue weighted by atomic mass is 9.93. The number of nitrogens with zero attached hydrogens (tertiary/aromatic N) is 1. The highest BCUT2D eigenvalue weighted by molar-refractivity contribution is 8.13. The van der Waals surface area contributed by atoms with Gasteiger partial charge in [-0.15, -0.1) is 0 Å². The number of carbonyl (C=O) groups excluding carboxylic acids is 1. The van der Waals surface area contributed by atoms with Crippen molar-refractivity contribution in [1.29, 1.82) is 0 Å². The molecular weight excluding hydrogens is 234 g/mol. The van der Waals surface area contributed by atoms with E-state index in [4.69, 9.17) is 0 Å². The first-order valence-corrected chi connectivity index (χ1v) is 7.01. The lowest BCUT2D eigenvalue weighted by Crippen LogP contribution is -2.42. The van der Waals surface area contributed by atoms with Crippen molar-refractivity contribution in [3.8, 4) is 0 Å². The number of hydrogen-bond acceptors (Lipinski definition) is 3. The van der Waals surface area contributed by atoms with Crippen molar-refractivity contribution < 1.29 is 4.79 Å².